The SMILES string of the molecule is Cc1cc(Oc2c(C)cc(CC(NC(=O)CCCCCN)C(=O)O)cc2C)cc(C)c1O. The maximum Gasteiger partial charge on any atom is 0.326 e. The molecule has 0 aliphatic heterocycles. The van der Waals surface area contributed by atoms with Gasteiger partial charge in [0.25, 0.3) is 0 Å². The maximum atomic E-state index is 12.1. The zero-order chi connectivity index (χ0) is 23.8. The van der Waals surface area contributed by atoms with Crippen LogP contribution in [-0.4, -0.2) is 34.7 Å². The highest BCUT2D eigenvalue weighted by atomic mass is 16.5. The minimum atomic E-state index is -1.06. The lowest BCUT2D eigenvalue weighted by molar-refractivity contribution is -0.141. The second-order valence-corrected chi connectivity index (χ2v) is 8.33. The highest BCUT2D eigenvalue weighted by Gasteiger charge is 2.21. The second-order valence-electron chi connectivity index (χ2n) is 8.33. The predicted molar refractivity (Wildman–Crippen MR) is 124 cm³/mol. The van der Waals surface area contributed by atoms with Crippen LogP contribution in [0.4, 0.5) is 0 Å². The van der Waals surface area contributed by atoms with Crippen molar-refractivity contribution < 1.29 is 24.5 Å². The summed E-state index contributed by atoms with van der Waals surface area (Å²) in [6, 6.07) is 6.32. The molecule has 0 saturated carbocycles. The van der Waals surface area contributed by atoms with Gasteiger partial charge in [-0.3, -0.25) is 4.79 Å². The molecular formula is C25H34N2O5. The number of aliphatic carboxylic acids is 1. The van der Waals surface area contributed by atoms with E-state index in [0.29, 0.717) is 30.9 Å². The third-order valence-electron chi connectivity index (χ3n) is 5.39. The number of hydrogen-bond donors (Lipinski definition) is 4. The van der Waals surface area contributed by atoms with Gasteiger partial charge in [0.05, 0.1) is 0 Å². The van der Waals surface area contributed by atoms with Gasteiger partial charge in [-0.2, -0.15) is 0 Å². The highest BCUT2D eigenvalue weighted by molar-refractivity contribution is 5.83. The number of carbonyl (C=O) groups is 2. The monoisotopic (exact) mass is 442 g/mol. The third kappa shape index (κ3) is 6.99. The molecular weight excluding hydrogens is 408 g/mol. The van der Waals surface area contributed by atoms with Crippen LogP contribution >= 0.6 is 0 Å². The van der Waals surface area contributed by atoms with E-state index < -0.39 is 12.0 Å². The second kappa shape index (κ2) is 11.5. The Labute approximate surface area is 189 Å². The average molecular weight is 443 g/mol. The number of benzene rings is 2. The van der Waals surface area contributed by atoms with Crippen molar-refractivity contribution >= 4 is 11.9 Å². The molecule has 5 N–H and O–H groups in total. The number of carbonyl (C=O) groups excluding carboxylic acids is 1. The average Bonchev–Trinajstić information content (AvgIpc) is 2.71. The molecule has 2 aromatic carbocycles. The highest BCUT2D eigenvalue weighted by Crippen LogP contribution is 2.34. The van der Waals surface area contributed by atoms with E-state index in [1.807, 2.05) is 39.8 Å². The number of carboxylic acid groups (broad SMARTS) is 1. The summed E-state index contributed by atoms with van der Waals surface area (Å²) in [7, 11) is 0. The summed E-state index contributed by atoms with van der Waals surface area (Å²) in [6.07, 6.45) is 2.87. The summed E-state index contributed by atoms with van der Waals surface area (Å²) in [5, 5.41) is 22.2. The van der Waals surface area contributed by atoms with Gasteiger partial charge in [0.15, 0.2) is 0 Å². The Bertz CT molecular complexity index is 925. The van der Waals surface area contributed by atoms with Crippen LogP contribution in [0, 0.1) is 27.7 Å². The van der Waals surface area contributed by atoms with Crippen molar-refractivity contribution in [2.45, 2.75) is 65.8 Å². The fourth-order valence-corrected chi connectivity index (χ4v) is 3.72. The lowest BCUT2D eigenvalue weighted by atomic mass is 9.99. The van der Waals surface area contributed by atoms with Crippen molar-refractivity contribution in [1.82, 2.24) is 5.32 Å². The zero-order valence-corrected chi connectivity index (χ0v) is 19.3. The molecule has 0 radical (unpaired) electrons. The Morgan fingerprint density at radius 2 is 1.56 bits per heavy atom. The molecule has 0 aliphatic carbocycles. The third-order valence-corrected chi connectivity index (χ3v) is 5.39. The van der Waals surface area contributed by atoms with Gasteiger partial charge >= 0.3 is 5.97 Å². The molecule has 7 nitrogen and oxygen atoms in total. The molecule has 0 bridgehead atoms. The van der Waals surface area contributed by atoms with Crippen molar-refractivity contribution in [2.75, 3.05) is 6.54 Å². The number of phenolic OH excluding ortho intramolecular Hbond substituents is 1. The Hall–Kier alpha value is -3.06. The first kappa shape index (κ1) is 25.2. The van der Waals surface area contributed by atoms with Crippen LogP contribution < -0.4 is 15.8 Å². The van der Waals surface area contributed by atoms with Gasteiger partial charge in [-0.25, -0.2) is 4.79 Å². The largest absolute Gasteiger partial charge is 0.507 e. The molecule has 0 spiro atoms. The van der Waals surface area contributed by atoms with Crippen LogP contribution in [0.2, 0.25) is 0 Å². The van der Waals surface area contributed by atoms with Crippen molar-refractivity contribution in [2.24, 2.45) is 5.73 Å². The number of phenols is 1. The number of rotatable bonds is 11. The number of nitrogens with one attached hydrogen (secondary N) is 1. The van der Waals surface area contributed by atoms with E-state index in [0.717, 1.165) is 40.7 Å². The first-order chi connectivity index (χ1) is 15.1. The molecule has 1 atom stereocenters. The van der Waals surface area contributed by atoms with Gasteiger partial charge in [-0.05, 0) is 87.0 Å². The van der Waals surface area contributed by atoms with E-state index in [2.05, 4.69) is 5.32 Å². The van der Waals surface area contributed by atoms with Crippen molar-refractivity contribution in [1.29, 1.82) is 0 Å². The van der Waals surface area contributed by atoms with E-state index in [4.69, 9.17) is 10.5 Å². The molecule has 2 aromatic rings. The van der Waals surface area contributed by atoms with Crippen LogP contribution in [0.3, 0.4) is 0 Å². The van der Waals surface area contributed by atoms with E-state index in [9.17, 15) is 19.8 Å². The summed E-state index contributed by atoms with van der Waals surface area (Å²) in [5.41, 5.74) is 9.44. The standard InChI is InChI=1S/C25H34N2O5/c1-15-12-20(13-16(2)23(15)29)32-24-17(3)10-19(11-18(24)4)14-21(25(30)31)27-22(28)8-6-5-7-9-26/h10-13,21,29H,5-9,14,26H2,1-4H3,(H,27,28)(H,30,31). The van der Waals surface area contributed by atoms with E-state index >= 15 is 0 Å². The summed E-state index contributed by atoms with van der Waals surface area (Å²) in [5.74, 6) is 0.241. The number of ether oxygens (including phenoxy) is 1. The van der Waals surface area contributed by atoms with Crippen LogP contribution in [0.25, 0.3) is 0 Å². The van der Waals surface area contributed by atoms with Crippen LogP contribution in [0.1, 0.15) is 53.5 Å². The smallest absolute Gasteiger partial charge is 0.326 e. The molecule has 0 fully saturated rings. The van der Waals surface area contributed by atoms with E-state index in [-0.39, 0.29) is 18.1 Å². The van der Waals surface area contributed by atoms with Crippen LogP contribution in [-0.2, 0) is 16.0 Å². The number of nitrogens with two attached hydrogens (primary N) is 1. The number of aryl methyl sites for hydroxylation is 4. The molecule has 0 aromatic heterocycles. The number of unbranched alkanes of at least 4 members (excludes halogenated alkanes) is 2. The van der Waals surface area contributed by atoms with Gasteiger partial charge in [-0.1, -0.05) is 18.6 Å². The van der Waals surface area contributed by atoms with Crippen molar-refractivity contribution in [3.05, 3.63) is 52.1 Å². The zero-order valence-electron chi connectivity index (χ0n) is 19.3. The number of carboxylic acids is 1. The molecule has 0 heterocycles. The molecule has 1 unspecified atom stereocenters. The minimum absolute atomic E-state index is 0.184. The quantitative estimate of drug-likeness (QED) is 0.390. The fraction of sp³-hybridized carbons (Fsp3) is 0.440. The number of hydrogen-bond acceptors (Lipinski definition) is 5. The molecule has 2 rings (SSSR count). The first-order valence-corrected chi connectivity index (χ1v) is 10.9. The Balaban J connectivity index is 2.12. The van der Waals surface area contributed by atoms with E-state index in [1.54, 1.807) is 12.1 Å². The van der Waals surface area contributed by atoms with Crippen molar-refractivity contribution in [3.8, 4) is 17.2 Å². The van der Waals surface area contributed by atoms with Crippen LogP contribution in [0.5, 0.6) is 17.2 Å². The Morgan fingerprint density at radius 3 is 2.09 bits per heavy atom. The minimum Gasteiger partial charge on any atom is -0.507 e. The van der Waals surface area contributed by atoms with Gasteiger partial charge in [0.2, 0.25) is 5.91 Å². The first-order valence-electron chi connectivity index (χ1n) is 10.9. The van der Waals surface area contributed by atoms with Gasteiger partial charge < -0.3 is 26.0 Å². The lowest BCUT2D eigenvalue weighted by Crippen LogP contribution is -2.42. The molecule has 174 valence electrons. The predicted octanol–water partition coefficient (Wildman–Crippen LogP) is 4.05. The number of amides is 1. The summed E-state index contributed by atoms with van der Waals surface area (Å²) < 4.78 is 6.09. The normalized spacial score (nSPS) is 11.8. The number of aromatic hydroxyl groups is 1. The van der Waals surface area contributed by atoms with Gasteiger partial charge in [-0.15, -0.1) is 0 Å². The topological polar surface area (TPSA) is 122 Å². The summed E-state index contributed by atoms with van der Waals surface area (Å²) in [6.45, 7) is 8.02. The molecule has 0 aliphatic rings. The lowest BCUT2D eigenvalue weighted by Gasteiger charge is -2.18. The molecule has 0 saturated heterocycles. The van der Waals surface area contributed by atoms with Crippen LogP contribution in [0.15, 0.2) is 24.3 Å². The summed E-state index contributed by atoms with van der Waals surface area (Å²) in [4.78, 5) is 23.8. The van der Waals surface area contributed by atoms with E-state index in [1.165, 1.54) is 0 Å². The van der Waals surface area contributed by atoms with Crippen molar-refractivity contribution in [3.63, 3.8) is 0 Å². The molecule has 7 heteroatoms. The Morgan fingerprint density at radius 1 is 0.969 bits per heavy atom. The maximum absolute atomic E-state index is 12.1. The van der Waals surface area contributed by atoms with Gasteiger partial charge in [0, 0.05) is 12.8 Å². The summed E-state index contributed by atoms with van der Waals surface area (Å²) >= 11 is 0. The van der Waals surface area contributed by atoms with Gasteiger partial charge in [0.1, 0.15) is 23.3 Å². The Kier molecular flexibility index (Phi) is 9.08. The fourth-order valence-electron chi connectivity index (χ4n) is 3.72. The molecule has 1 amide bonds. The molecule has 32 heavy (non-hydrogen) atoms.